The molecule has 1 aromatic rings. The van der Waals surface area contributed by atoms with E-state index in [9.17, 15) is 0 Å². The summed E-state index contributed by atoms with van der Waals surface area (Å²) in [5.41, 5.74) is 3.87. The third kappa shape index (κ3) is 5.56. The fourth-order valence-corrected chi connectivity index (χ4v) is 5.47. The number of halogens is 1. The van der Waals surface area contributed by atoms with Crippen molar-refractivity contribution in [2.24, 2.45) is 12.0 Å². The third-order valence-electron chi connectivity index (χ3n) is 6.37. The highest BCUT2D eigenvalue weighted by atomic mass is 127. The van der Waals surface area contributed by atoms with E-state index in [4.69, 9.17) is 0 Å². The number of nitrogens with one attached hydrogen (secondary N) is 2. The third-order valence-corrected chi connectivity index (χ3v) is 7.31. The maximum atomic E-state index is 4.51. The maximum absolute atomic E-state index is 4.51. The molecular formula is C20H37IN6S. The highest BCUT2D eigenvalue weighted by Gasteiger charge is 2.38. The van der Waals surface area contributed by atoms with Gasteiger partial charge in [-0.25, -0.2) is 0 Å². The van der Waals surface area contributed by atoms with Gasteiger partial charge in [-0.2, -0.15) is 16.9 Å². The Kier molecular flexibility index (Phi) is 9.40. The lowest BCUT2D eigenvalue weighted by Gasteiger charge is -2.48. The Balaban J connectivity index is 0.00000280. The smallest absolute Gasteiger partial charge is 0.191 e. The molecular weight excluding hydrogens is 483 g/mol. The van der Waals surface area contributed by atoms with Crippen molar-refractivity contribution in [2.75, 3.05) is 38.2 Å². The predicted octanol–water partition coefficient (Wildman–Crippen LogP) is 3.07. The Hall–Kier alpha value is -0.480. The van der Waals surface area contributed by atoms with Crippen LogP contribution in [0.5, 0.6) is 0 Å². The molecule has 0 atom stereocenters. The Labute approximate surface area is 191 Å². The summed E-state index contributed by atoms with van der Waals surface area (Å²) in [6.45, 7) is 8.41. The zero-order valence-electron chi connectivity index (χ0n) is 17.9. The van der Waals surface area contributed by atoms with Crippen LogP contribution in [0.25, 0.3) is 0 Å². The molecule has 0 spiro atoms. The molecule has 1 saturated heterocycles. The first-order valence-electron chi connectivity index (χ1n) is 10.3. The highest BCUT2D eigenvalue weighted by Crippen LogP contribution is 2.34. The number of hydrogen-bond donors (Lipinski definition) is 2. The van der Waals surface area contributed by atoms with E-state index in [1.165, 1.54) is 68.0 Å². The van der Waals surface area contributed by atoms with Crippen LogP contribution in [0.1, 0.15) is 49.1 Å². The Morgan fingerprint density at radius 3 is 2.39 bits per heavy atom. The normalized spacial score (nSPS) is 20.5. The van der Waals surface area contributed by atoms with Crippen LogP contribution in [0.15, 0.2) is 4.99 Å². The second-order valence-corrected chi connectivity index (χ2v) is 9.16. The van der Waals surface area contributed by atoms with Gasteiger partial charge in [-0.05, 0) is 26.7 Å². The Morgan fingerprint density at radius 2 is 1.82 bits per heavy atom. The SMILES string of the molecule is CN=C(NCc1c(C)nn(C)c1C)NCC1(N2CCSCC2)CCCCC1.I. The number of aryl methyl sites for hydroxylation is 2. The van der Waals surface area contributed by atoms with Crippen LogP contribution >= 0.6 is 35.7 Å². The summed E-state index contributed by atoms with van der Waals surface area (Å²) in [5, 5.41) is 11.7. The standard InChI is InChI=1S/C20H36N6S.HI/c1-16-18(17(2)25(4)24-16)14-22-19(21-3)23-15-20(8-6-5-7-9-20)26-10-12-27-13-11-26;/h5-15H2,1-4H3,(H2,21,22,23);1H. The first-order chi connectivity index (χ1) is 13.1. The van der Waals surface area contributed by atoms with E-state index in [0.717, 1.165) is 24.7 Å². The second kappa shape index (κ2) is 11.1. The highest BCUT2D eigenvalue weighted by molar-refractivity contribution is 14.0. The van der Waals surface area contributed by atoms with Crippen LogP contribution in [0.2, 0.25) is 0 Å². The van der Waals surface area contributed by atoms with Crippen molar-refractivity contribution < 1.29 is 0 Å². The molecule has 1 saturated carbocycles. The van der Waals surface area contributed by atoms with E-state index in [2.05, 4.69) is 51.2 Å². The molecule has 1 aliphatic heterocycles. The molecule has 2 N–H and O–H groups in total. The van der Waals surface area contributed by atoms with Crippen LogP contribution in [0.3, 0.4) is 0 Å². The zero-order chi connectivity index (χ0) is 19.3. The van der Waals surface area contributed by atoms with Gasteiger partial charge in [-0.15, -0.1) is 24.0 Å². The Morgan fingerprint density at radius 1 is 1.14 bits per heavy atom. The number of hydrogen-bond acceptors (Lipinski definition) is 4. The average molecular weight is 521 g/mol. The van der Waals surface area contributed by atoms with E-state index >= 15 is 0 Å². The summed E-state index contributed by atoms with van der Waals surface area (Å²) in [5.74, 6) is 3.44. The van der Waals surface area contributed by atoms with Gasteiger partial charge in [0.1, 0.15) is 0 Å². The van der Waals surface area contributed by atoms with Crippen LogP contribution in [0, 0.1) is 13.8 Å². The second-order valence-electron chi connectivity index (χ2n) is 7.94. The van der Waals surface area contributed by atoms with Gasteiger partial charge in [0.25, 0.3) is 0 Å². The van der Waals surface area contributed by atoms with Crippen LogP contribution in [-0.4, -0.2) is 64.4 Å². The summed E-state index contributed by atoms with van der Waals surface area (Å²) in [7, 11) is 3.87. The molecule has 2 fully saturated rings. The minimum absolute atomic E-state index is 0. The minimum Gasteiger partial charge on any atom is -0.355 e. The van der Waals surface area contributed by atoms with Gasteiger partial charge in [0.2, 0.25) is 0 Å². The van der Waals surface area contributed by atoms with Crippen molar-refractivity contribution in [2.45, 2.75) is 58.0 Å². The van der Waals surface area contributed by atoms with E-state index in [1.54, 1.807) is 0 Å². The first kappa shape index (κ1) is 23.8. The molecule has 160 valence electrons. The molecule has 0 aromatic carbocycles. The van der Waals surface area contributed by atoms with Crippen molar-refractivity contribution in [3.8, 4) is 0 Å². The van der Waals surface area contributed by atoms with E-state index in [1.807, 2.05) is 18.8 Å². The summed E-state index contributed by atoms with van der Waals surface area (Å²) in [6.07, 6.45) is 6.71. The van der Waals surface area contributed by atoms with Gasteiger partial charge in [0.05, 0.1) is 5.69 Å². The summed E-state index contributed by atoms with van der Waals surface area (Å²) in [6, 6.07) is 0. The quantitative estimate of drug-likeness (QED) is 0.355. The molecule has 0 radical (unpaired) electrons. The fraction of sp³-hybridized carbons (Fsp3) is 0.800. The zero-order valence-corrected chi connectivity index (χ0v) is 21.0. The van der Waals surface area contributed by atoms with Gasteiger partial charge in [-0.1, -0.05) is 19.3 Å². The predicted molar refractivity (Wildman–Crippen MR) is 131 cm³/mol. The van der Waals surface area contributed by atoms with Crippen molar-refractivity contribution in [1.29, 1.82) is 0 Å². The van der Waals surface area contributed by atoms with Crippen molar-refractivity contribution >= 4 is 41.7 Å². The molecule has 28 heavy (non-hydrogen) atoms. The molecule has 1 aromatic heterocycles. The van der Waals surface area contributed by atoms with Crippen molar-refractivity contribution in [1.82, 2.24) is 25.3 Å². The average Bonchev–Trinajstić information content (AvgIpc) is 2.95. The van der Waals surface area contributed by atoms with Crippen LogP contribution in [0.4, 0.5) is 0 Å². The van der Waals surface area contributed by atoms with E-state index in [-0.39, 0.29) is 24.0 Å². The number of rotatable bonds is 5. The largest absolute Gasteiger partial charge is 0.355 e. The van der Waals surface area contributed by atoms with Gasteiger partial charge >= 0.3 is 0 Å². The lowest BCUT2D eigenvalue weighted by molar-refractivity contribution is 0.0626. The van der Waals surface area contributed by atoms with Gasteiger partial charge in [0, 0.05) is 68.6 Å². The summed E-state index contributed by atoms with van der Waals surface area (Å²) in [4.78, 5) is 7.24. The molecule has 2 heterocycles. The number of aliphatic imine (C=N–C) groups is 1. The molecule has 3 rings (SSSR count). The molecule has 0 amide bonds. The lowest BCUT2D eigenvalue weighted by Crippen LogP contribution is -2.59. The van der Waals surface area contributed by atoms with Crippen molar-refractivity contribution in [3.05, 3.63) is 17.0 Å². The van der Waals surface area contributed by atoms with E-state index in [0.29, 0.717) is 5.54 Å². The van der Waals surface area contributed by atoms with Gasteiger partial charge in [0.15, 0.2) is 5.96 Å². The fourth-order valence-electron chi connectivity index (χ4n) is 4.57. The van der Waals surface area contributed by atoms with Crippen LogP contribution in [-0.2, 0) is 13.6 Å². The number of thioether (sulfide) groups is 1. The number of guanidine groups is 1. The maximum Gasteiger partial charge on any atom is 0.191 e. The van der Waals surface area contributed by atoms with Crippen LogP contribution < -0.4 is 10.6 Å². The summed E-state index contributed by atoms with van der Waals surface area (Å²) >= 11 is 2.09. The molecule has 6 nitrogen and oxygen atoms in total. The first-order valence-corrected chi connectivity index (χ1v) is 11.5. The topological polar surface area (TPSA) is 57.5 Å². The Bertz CT molecular complexity index is 647. The van der Waals surface area contributed by atoms with E-state index < -0.39 is 0 Å². The minimum atomic E-state index is 0. The summed E-state index contributed by atoms with van der Waals surface area (Å²) < 4.78 is 1.95. The van der Waals surface area contributed by atoms with Gasteiger partial charge < -0.3 is 10.6 Å². The molecule has 8 heteroatoms. The molecule has 2 aliphatic rings. The molecule has 1 aliphatic carbocycles. The lowest BCUT2D eigenvalue weighted by atomic mass is 9.80. The molecule has 0 bridgehead atoms. The number of nitrogens with zero attached hydrogens (tertiary/aromatic N) is 4. The van der Waals surface area contributed by atoms with Crippen molar-refractivity contribution in [3.63, 3.8) is 0 Å². The molecule has 0 unspecified atom stereocenters. The number of aromatic nitrogens is 2. The monoisotopic (exact) mass is 520 g/mol. The van der Waals surface area contributed by atoms with Gasteiger partial charge in [-0.3, -0.25) is 14.6 Å².